The highest BCUT2D eigenvalue weighted by Crippen LogP contribution is 2.28. The fraction of sp³-hybridized carbons (Fsp3) is 0.143. The van der Waals surface area contributed by atoms with Crippen molar-refractivity contribution in [1.29, 1.82) is 10.5 Å². The molecule has 0 radical (unpaired) electrons. The fourth-order valence-electron chi connectivity index (χ4n) is 1.70. The van der Waals surface area contributed by atoms with Gasteiger partial charge in [0.1, 0.15) is 12.1 Å². The van der Waals surface area contributed by atoms with Crippen molar-refractivity contribution in [3.05, 3.63) is 50.1 Å². The Morgan fingerprint density at radius 1 is 1.21 bits per heavy atom. The van der Waals surface area contributed by atoms with Gasteiger partial charge in [-0.1, -0.05) is 0 Å². The van der Waals surface area contributed by atoms with Crippen LogP contribution in [0.25, 0.3) is 0 Å². The van der Waals surface area contributed by atoms with E-state index in [9.17, 15) is 0 Å². The standard InChI is InChI=1S/C14H10BrN3S/c1-9(14-5-12(15)8-19-14)18-13-3-2-10(6-16)11(4-13)7-17/h2-5,8-9,18H,1H3. The molecular formula is C14H10BrN3S. The molecule has 2 aromatic rings. The van der Waals surface area contributed by atoms with Crippen LogP contribution < -0.4 is 5.32 Å². The minimum atomic E-state index is 0.149. The lowest BCUT2D eigenvalue weighted by atomic mass is 10.1. The molecule has 0 amide bonds. The molecule has 3 nitrogen and oxygen atoms in total. The van der Waals surface area contributed by atoms with Gasteiger partial charge in [-0.25, -0.2) is 0 Å². The lowest BCUT2D eigenvalue weighted by molar-refractivity contribution is 0.907. The maximum atomic E-state index is 9.00. The van der Waals surface area contributed by atoms with E-state index < -0.39 is 0 Å². The number of benzene rings is 1. The first-order valence-electron chi connectivity index (χ1n) is 5.58. The molecule has 0 spiro atoms. The van der Waals surface area contributed by atoms with Crippen LogP contribution in [0.15, 0.2) is 34.1 Å². The normalized spacial score (nSPS) is 11.4. The molecule has 0 saturated heterocycles. The van der Waals surface area contributed by atoms with Crippen LogP contribution in [-0.4, -0.2) is 0 Å². The van der Waals surface area contributed by atoms with E-state index in [1.54, 1.807) is 23.5 Å². The molecule has 2 rings (SSSR count). The van der Waals surface area contributed by atoms with Crippen molar-refractivity contribution in [2.75, 3.05) is 5.32 Å². The third kappa shape index (κ3) is 3.14. The van der Waals surface area contributed by atoms with E-state index in [4.69, 9.17) is 10.5 Å². The molecule has 5 heteroatoms. The molecule has 0 fully saturated rings. The highest BCUT2D eigenvalue weighted by molar-refractivity contribution is 9.10. The minimum Gasteiger partial charge on any atom is -0.378 e. The molecule has 1 atom stereocenters. The molecule has 0 aliphatic rings. The monoisotopic (exact) mass is 331 g/mol. The topological polar surface area (TPSA) is 59.6 Å². The predicted molar refractivity (Wildman–Crippen MR) is 79.9 cm³/mol. The van der Waals surface area contributed by atoms with Crippen LogP contribution in [0.3, 0.4) is 0 Å². The summed E-state index contributed by atoms with van der Waals surface area (Å²) in [5.41, 5.74) is 1.64. The van der Waals surface area contributed by atoms with E-state index in [-0.39, 0.29) is 6.04 Å². The second-order valence-electron chi connectivity index (χ2n) is 4.02. The van der Waals surface area contributed by atoms with Crippen molar-refractivity contribution < 1.29 is 0 Å². The van der Waals surface area contributed by atoms with Crippen LogP contribution in [0, 0.1) is 22.7 Å². The largest absolute Gasteiger partial charge is 0.378 e. The first kappa shape index (κ1) is 13.6. The van der Waals surface area contributed by atoms with Gasteiger partial charge in [0.05, 0.1) is 17.2 Å². The molecule has 1 heterocycles. The van der Waals surface area contributed by atoms with Gasteiger partial charge in [-0.2, -0.15) is 10.5 Å². The number of nitriles is 2. The zero-order chi connectivity index (χ0) is 13.8. The van der Waals surface area contributed by atoms with Gasteiger partial charge in [-0.3, -0.25) is 0 Å². The Balaban J connectivity index is 2.20. The molecule has 1 unspecified atom stereocenters. The molecule has 1 N–H and O–H groups in total. The predicted octanol–water partition coefficient (Wildman–Crippen LogP) is 4.43. The summed E-state index contributed by atoms with van der Waals surface area (Å²) in [7, 11) is 0. The average molecular weight is 332 g/mol. The number of rotatable bonds is 3. The van der Waals surface area contributed by atoms with E-state index in [1.807, 2.05) is 23.6 Å². The maximum Gasteiger partial charge on any atom is 0.101 e. The lowest BCUT2D eigenvalue weighted by Crippen LogP contribution is -2.05. The van der Waals surface area contributed by atoms with Gasteiger partial charge in [0, 0.05) is 20.4 Å². The molecule has 0 saturated carbocycles. The molecule has 94 valence electrons. The molecule has 19 heavy (non-hydrogen) atoms. The van der Waals surface area contributed by atoms with Gasteiger partial charge in [0.2, 0.25) is 0 Å². The van der Waals surface area contributed by atoms with Gasteiger partial charge >= 0.3 is 0 Å². The summed E-state index contributed by atoms with van der Waals surface area (Å²) in [5.74, 6) is 0. The molecule has 0 aliphatic carbocycles. The fourth-order valence-corrected chi connectivity index (χ4v) is 3.15. The number of nitrogens with one attached hydrogen (secondary N) is 1. The van der Waals surface area contributed by atoms with Gasteiger partial charge in [0.25, 0.3) is 0 Å². The van der Waals surface area contributed by atoms with Gasteiger partial charge < -0.3 is 5.32 Å². The summed E-state index contributed by atoms with van der Waals surface area (Å²) in [5, 5.41) is 23.2. The highest BCUT2D eigenvalue weighted by atomic mass is 79.9. The number of halogens is 1. The zero-order valence-corrected chi connectivity index (χ0v) is 12.5. The van der Waals surface area contributed by atoms with Crippen LogP contribution in [0.5, 0.6) is 0 Å². The van der Waals surface area contributed by atoms with E-state index in [0.29, 0.717) is 11.1 Å². The molecule has 1 aromatic carbocycles. The number of hydrogen-bond donors (Lipinski definition) is 1. The Kier molecular flexibility index (Phi) is 4.21. The average Bonchev–Trinajstić information content (AvgIpc) is 2.85. The van der Waals surface area contributed by atoms with Crippen LogP contribution in [0.4, 0.5) is 5.69 Å². The van der Waals surface area contributed by atoms with Crippen LogP contribution in [-0.2, 0) is 0 Å². The van der Waals surface area contributed by atoms with Crippen molar-refractivity contribution in [3.63, 3.8) is 0 Å². The van der Waals surface area contributed by atoms with Crippen molar-refractivity contribution >= 4 is 33.0 Å². The van der Waals surface area contributed by atoms with Crippen LogP contribution in [0.2, 0.25) is 0 Å². The third-order valence-electron chi connectivity index (χ3n) is 2.66. The van der Waals surface area contributed by atoms with Crippen LogP contribution in [0.1, 0.15) is 29.0 Å². The van der Waals surface area contributed by atoms with Crippen LogP contribution >= 0.6 is 27.3 Å². The number of hydrogen-bond acceptors (Lipinski definition) is 4. The third-order valence-corrected chi connectivity index (χ3v) is 4.53. The van der Waals surface area contributed by atoms with Crippen molar-refractivity contribution in [3.8, 4) is 12.1 Å². The Hall–Kier alpha value is -1.82. The molecule has 0 aliphatic heterocycles. The number of anilines is 1. The smallest absolute Gasteiger partial charge is 0.101 e. The highest BCUT2D eigenvalue weighted by Gasteiger charge is 2.09. The zero-order valence-electron chi connectivity index (χ0n) is 10.1. The lowest BCUT2D eigenvalue weighted by Gasteiger charge is -2.14. The second-order valence-corrected chi connectivity index (χ2v) is 5.88. The number of nitrogens with zero attached hydrogens (tertiary/aromatic N) is 2. The molecule has 0 bridgehead atoms. The first-order valence-corrected chi connectivity index (χ1v) is 7.26. The Morgan fingerprint density at radius 3 is 2.53 bits per heavy atom. The van der Waals surface area contributed by atoms with Gasteiger partial charge in [-0.15, -0.1) is 11.3 Å². The quantitative estimate of drug-likeness (QED) is 0.905. The first-order chi connectivity index (χ1) is 9.13. The summed E-state index contributed by atoms with van der Waals surface area (Å²) in [4.78, 5) is 1.20. The van der Waals surface area contributed by atoms with E-state index >= 15 is 0 Å². The summed E-state index contributed by atoms with van der Waals surface area (Å²) in [6.07, 6.45) is 0. The van der Waals surface area contributed by atoms with Gasteiger partial charge in [0.15, 0.2) is 0 Å². The van der Waals surface area contributed by atoms with Gasteiger partial charge in [-0.05, 0) is 47.1 Å². The van der Waals surface area contributed by atoms with E-state index in [2.05, 4.69) is 34.2 Å². The Morgan fingerprint density at radius 2 is 1.95 bits per heavy atom. The molecular weight excluding hydrogens is 322 g/mol. The van der Waals surface area contributed by atoms with Crippen molar-refractivity contribution in [2.24, 2.45) is 0 Å². The van der Waals surface area contributed by atoms with Crippen molar-refractivity contribution in [1.82, 2.24) is 0 Å². The molecule has 1 aromatic heterocycles. The number of thiophene rings is 1. The summed E-state index contributed by atoms with van der Waals surface area (Å²) >= 11 is 5.10. The summed E-state index contributed by atoms with van der Waals surface area (Å²) in [6, 6.07) is 11.4. The second kappa shape index (κ2) is 5.88. The van der Waals surface area contributed by atoms with E-state index in [0.717, 1.165) is 10.2 Å². The Bertz CT molecular complexity index is 679. The SMILES string of the molecule is CC(Nc1ccc(C#N)c(C#N)c1)c1cc(Br)cs1. The Labute approximate surface area is 124 Å². The summed E-state index contributed by atoms with van der Waals surface area (Å²) < 4.78 is 1.07. The van der Waals surface area contributed by atoms with E-state index in [1.165, 1.54) is 4.88 Å². The maximum absolute atomic E-state index is 9.00. The summed E-state index contributed by atoms with van der Waals surface area (Å²) in [6.45, 7) is 2.06. The van der Waals surface area contributed by atoms with Crippen molar-refractivity contribution in [2.45, 2.75) is 13.0 Å². The minimum absolute atomic E-state index is 0.149.